The second-order valence-corrected chi connectivity index (χ2v) is 5.48. The van der Waals surface area contributed by atoms with Crippen LogP contribution in [0.25, 0.3) is 0 Å². The molecule has 0 bridgehead atoms. The highest BCUT2D eigenvalue weighted by Crippen LogP contribution is 2.28. The first kappa shape index (κ1) is 14.2. The van der Waals surface area contributed by atoms with Gasteiger partial charge in [-0.2, -0.15) is 0 Å². The van der Waals surface area contributed by atoms with Crippen LogP contribution in [0.5, 0.6) is 0 Å². The molecule has 0 saturated carbocycles. The number of nitrogens with one attached hydrogen (secondary N) is 2. The number of rotatable bonds is 3. The van der Waals surface area contributed by atoms with Gasteiger partial charge in [0.1, 0.15) is 0 Å². The standard InChI is InChI=1S/C14H20ClN3O/c1-18(2)13-7-6-10(15)9-12(13)17-14(19)11-5-3-4-8-16-11/h6-7,9,11,16H,3-5,8H2,1-2H3,(H,17,19). The zero-order valence-electron chi connectivity index (χ0n) is 11.4. The molecule has 1 unspecified atom stereocenters. The van der Waals surface area contributed by atoms with E-state index in [0.717, 1.165) is 37.2 Å². The summed E-state index contributed by atoms with van der Waals surface area (Å²) in [7, 11) is 3.88. The molecule has 0 radical (unpaired) electrons. The molecular formula is C14H20ClN3O. The molecular weight excluding hydrogens is 262 g/mol. The van der Waals surface area contributed by atoms with E-state index in [1.807, 2.05) is 31.1 Å². The Labute approximate surface area is 119 Å². The third kappa shape index (κ3) is 3.61. The molecule has 1 fully saturated rings. The van der Waals surface area contributed by atoms with Crippen molar-refractivity contribution in [1.29, 1.82) is 0 Å². The van der Waals surface area contributed by atoms with Crippen molar-refractivity contribution in [1.82, 2.24) is 5.32 Å². The molecule has 0 aromatic heterocycles. The number of halogens is 1. The van der Waals surface area contributed by atoms with Gasteiger partial charge in [0.05, 0.1) is 17.4 Å². The lowest BCUT2D eigenvalue weighted by Crippen LogP contribution is -2.43. The summed E-state index contributed by atoms with van der Waals surface area (Å²) in [5.74, 6) is 0.0186. The van der Waals surface area contributed by atoms with Crippen LogP contribution >= 0.6 is 11.6 Å². The molecule has 4 nitrogen and oxygen atoms in total. The van der Waals surface area contributed by atoms with E-state index < -0.39 is 0 Å². The lowest BCUT2D eigenvalue weighted by atomic mass is 10.0. The molecule has 1 aliphatic heterocycles. The van der Waals surface area contributed by atoms with Gasteiger partial charge >= 0.3 is 0 Å². The molecule has 1 aromatic rings. The van der Waals surface area contributed by atoms with Gasteiger partial charge in [0.2, 0.25) is 5.91 Å². The summed E-state index contributed by atoms with van der Waals surface area (Å²) in [6.07, 6.45) is 3.13. The van der Waals surface area contributed by atoms with Crippen molar-refractivity contribution in [2.24, 2.45) is 0 Å². The van der Waals surface area contributed by atoms with Crippen molar-refractivity contribution in [2.75, 3.05) is 30.9 Å². The average Bonchev–Trinajstić information content (AvgIpc) is 2.39. The average molecular weight is 282 g/mol. The van der Waals surface area contributed by atoms with Crippen LogP contribution in [0.3, 0.4) is 0 Å². The molecule has 1 amide bonds. The smallest absolute Gasteiger partial charge is 0.241 e. The minimum atomic E-state index is -0.0947. The van der Waals surface area contributed by atoms with Crippen molar-refractivity contribution in [3.63, 3.8) is 0 Å². The number of carbonyl (C=O) groups is 1. The van der Waals surface area contributed by atoms with E-state index in [2.05, 4.69) is 10.6 Å². The number of anilines is 2. The minimum absolute atomic E-state index is 0.0186. The number of hydrogen-bond donors (Lipinski definition) is 2. The number of benzene rings is 1. The summed E-state index contributed by atoms with van der Waals surface area (Å²) in [4.78, 5) is 14.2. The van der Waals surface area contributed by atoms with Crippen molar-refractivity contribution >= 4 is 28.9 Å². The van der Waals surface area contributed by atoms with E-state index in [-0.39, 0.29) is 11.9 Å². The van der Waals surface area contributed by atoms with Crippen LogP contribution in [0.15, 0.2) is 18.2 Å². The lowest BCUT2D eigenvalue weighted by Gasteiger charge is -2.24. The Morgan fingerprint density at radius 3 is 2.84 bits per heavy atom. The molecule has 5 heteroatoms. The first-order chi connectivity index (χ1) is 9.08. The van der Waals surface area contributed by atoms with Crippen LogP contribution in [0, 0.1) is 0 Å². The van der Waals surface area contributed by atoms with Crippen molar-refractivity contribution in [3.05, 3.63) is 23.2 Å². The zero-order chi connectivity index (χ0) is 13.8. The van der Waals surface area contributed by atoms with Gasteiger partial charge in [-0.25, -0.2) is 0 Å². The predicted molar refractivity (Wildman–Crippen MR) is 80.1 cm³/mol. The highest BCUT2D eigenvalue weighted by Gasteiger charge is 2.21. The highest BCUT2D eigenvalue weighted by molar-refractivity contribution is 6.31. The largest absolute Gasteiger partial charge is 0.376 e. The molecule has 0 aliphatic carbocycles. The molecule has 1 aromatic carbocycles. The monoisotopic (exact) mass is 281 g/mol. The van der Waals surface area contributed by atoms with Gasteiger partial charge in [0.15, 0.2) is 0 Å². The van der Waals surface area contributed by atoms with Gasteiger partial charge in [-0.05, 0) is 37.6 Å². The molecule has 1 atom stereocenters. The number of amides is 1. The normalized spacial score (nSPS) is 19.0. The quantitative estimate of drug-likeness (QED) is 0.895. The van der Waals surface area contributed by atoms with Gasteiger partial charge in [0.25, 0.3) is 0 Å². The van der Waals surface area contributed by atoms with E-state index in [4.69, 9.17) is 11.6 Å². The Kier molecular flexibility index (Phi) is 4.66. The fourth-order valence-corrected chi connectivity index (χ4v) is 2.47. The maximum atomic E-state index is 12.2. The molecule has 1 saturated heterocycles. The first-order valence-corrected chi connectivity index (χ1v) is 6.97. The summed E-state index contributed by atoms with van der Waals surface area (Å²) in [6, 6.07) is 5.43. The predicted octanol–water partition coefficient (Wildman–Crippen LogP) is 2.49. The Bertz CT molecular complexity index is 456. The number of carbonyl (C=O) groups excluding carboxylic acids is 1. The molecule has 0 spiro atoms. The van der Waals surface area contributed by atoms with E-state index in [9.17, 15) is 4.79 Å². The zero-order valence-corrected chi connectivity index (χ0v) is 12.1. The van der Waals surface area contributed by atoms with E-state index in [0.29, 0.717) is 5.02 Å². The molecule has 2 N–H and O–H groups in total. The summed E-state index contributed by atoms with van der Waals surface area (Å²) in [5.41, 5.74) is 1.71. The molecule has 1 heterocycles. The van der Waals surface area contributed by atoms with Crippen LogP contribution in [-0.2, 0) is 4.79 Å². The molecule has 104 valence electrons. The molecule has 1 aliphatic rings. The van der Waals surface area contributed by atoms with Crippen molar-refractivity contribution < 1.29 is 4.79 Å². The molecule has 19 heavy (non-hydrogen) atoms. The summed E-state index contributed by atoms with van der Waals surface area (Å²) < 4.78 is 0. The van der Waals surface area contributed by atoms with Gasteiger partial charge in [0, 0.05) is 19.1 Å². The van der Waals surface area contributed by atoms with Gasteiger partial charge < -0.3 is 15.5 Å². The minimum Gasteiger partial charge on any atom is -0.376 e. The van der Waals surface area contributed by atoms with E-state index in [1.165, 1.54) is 0 Å². The maximum Gasteiger partial charge on any atom is 0.241 e. The summed E-state index contributed by atoms with van der Waals surface area (Å²) in [6.45, 7) is 0.911. The van der Waals surface area contributed by atoms with E-state index >= 15 is 0 Å². The molecule has 2 rings (SSSR count). The lowest BCUT2D eigenvalue weighted by molar-refractivity contribution is -0.118. The van der Waals surface area contributed by atoms with Crippen LogP contribution in [0.4, 0.5) is 11.4 Å². The van der Waals surface area contributed by atoms with Gasteiger partial charge in [-0.3, -0.25) is 4.79 Å². The van der Waals surface area contributed by atoms with E-state index in [1.54, 1.807) is 6.07 Å². The van der Waals surface area contributed by atoms with Crippen molar-refractivity contribution in [3.8, 4) is 0 Å². The first-order valence-electron chi connectivity index (χ1n) is 6.59. The maximum absolute atomic E-state index is 12.2. The summed E-state index contributed by atoms with van der Waals surface area (Å²) in [5, 5.41) is 6.84. The van der Waals surface area contributed by atoms with Crippen LogP contribution in [0.1, 0.15) is 19.3 Å². The highest BCUT2D eigenvalue weighted by atomic mass is 35.5. The van der Waals surface area contributed by atoms with Crippen LogP contribution < -0.4 is 15.5 Å². The fourth-order valence-electron chi connectivity index (χ4n) is 2.29. The SMILES string of the molecule is CN(C)c1ccc(Cl)cc1NC(=O)C1CCCCN1. The Morgan fingerprint density at radius 1 is 1.42 bits per heavy atom. The van der Waals surface area contributed by atoms with Gasteiger partial charge in [-0.1, -0.05) is 18.0 Å². The fraction of sp³-hybridized carbons (Fsp3) is 0.500. The number of piperidine rings is 1. The van der Waals surface area contributed by atoms with Crippen molar-refractivity contribution in [2.45, 2.75) is 25.3 Å². The Morgan fingerprint density at radius 2 is 2.21 bits per heavy atom. The Hall–Kier alpha value is -1.26. The summed E-state index contributed by atoms with van der Waals surface area (Å²) >= 11 is 6.01. The third-order valence-corrected chi connectivity index (χ3v) is 3.56. The van der Waals surface area contributed by atoms with Gasteiger partial charge in [-0.15, -0.1) is 0 Å². The Balaban J connectivity index is 2.13. The van der Waals surface area contributed by atoms with Crippen LogP contribution in [0.2, 0.25) is 5.02 Å². The number of hydrogen-bond acceptors (Lipinski definition) is 3. The van der Waals surface area contributed by atoms with Crippen LogP contribution in [-0.4, -0.2) is 32.6 Å². The third-order valence-electron chi connectivity index (χ3n) is 3.33. The topological polar surface area (TPSA) is 44.4 Å². The second kappa shape index (κ2) is 6.26. The number of nitrogens with zero attached hydrogens (tertiary/aromatic N) is 1. The second-order valence-electron chi connectivity index (χ2n) is 5.05.